The number of fused-ring (bicyclic) bond motifs is 1. The number of halogens is 3. The van der Waals surface area contributed by atoms with Gasteiger partial charge in [0.05, 0.1) is 12.2 Å². The number of hydrogen-bond acceptors (Lipinski definition) is 2. The molecule has 0 atom stereocenters. The van der Waals surface area contributed by atoms with Crippen molar-refractivity contribution in [2.45, 2.75) is 20.4 Å². The van der Waals surface area contributed by atoms with E-state index in [4.69, 9.17) is 23.8 Å². The number of thiocarbonyl (C=S) groups is 1. The lowest BCUT2D eigenvalue weighted by atomic mass is 10.1. The van der Waals surface area contributed by atoms with E-state index in [-0.39, 0.29) is 18.3 Å². The third-order valence-electron chi connectivity index (χ3n) is 6.57. The normalized spacial score (nSPS) is 15.1. The number of carbonyl (C=O) groups is 1. The van der Waals surface area contributed by atoms with Crippen LogP contribution < -0.4 is 4.90 Å². The molecule has 1 aliphatic rings. The molecule has 0 unspecified atom stereocenters. The highest BCUT2D eigenvalue weighted by atomic mass is 79.9. The molecule has 0 aliphatic carbocycles. The lowest BCUT2D eigenvalue weighted by Crippen LogP contribution is -2.31. The number of anilines is 1. The summed E-state index contributed by atoms with van der Waals surface area (Å²) >= 11 is 15.5. The first kappa shape index (κ1) is 24.7. The van der Waals surface area contributed by atoms with Crippen molar-refractivity contribution in [3.05, 3.63) is 104 Å². The van der Waals surface area contributed by atoms with Gasteiger partial charge in [0.1, 0.15) is 11.5 Å². The number of likely N-dealkylation sites (N-methyl/N-ethyl adjacent to an activating group) is 1. The second-order valence-electron chi connectivity index (χ2n) is 8.85. The average Bonchev–Trinajstić information content (AvgIpc) is 3.27. The van der Waals surface area contributed by atoms with E-state index in [1.807, 2.05) is 67.1 Å². The highest BCUT2D eigenvalue weighted by Crippen LogP contribution is 2.33. The molecule has 4 aromatic rings. The highest BCUT2D eigenvalue weighted by molar-refractivity contribution is 9.10. The van der Waals surface area contributed by atoms with E-state index < -0.39 is 0 Å². The van der Waals surface area contributed by atoms with Crippen molar-refractivity contribution in [1.29, 1.82) is 0 Å². The van der Waals surface area contributed by atoms with Crippen molar-refractivity contribution in [1.82, 2.24) is 9.47 Å². The minimum Gasteiger partial charge on any atom is -0.342 e. The van der Waals surface area contributed by atoms with Gasteiger partial charge in [0.25, 0.3) is 5.91 Å². The third kappa shape index (κ3) is 4.25. The molecular weight excluding hydrogens is 561 g/mol. The Kier molecular flexibility index (Phi) is 6.49. The van der Waals surface area contributed by atoms with Crippen LogP contribution in [0, 0.1) is 19.7 Å². The van der Waals surface area contributed by atoms with Gasteiger partial charge in [-0.1, -0.05) is 39.7 Å². The number of nitrogens with zero attached hydrogens (tertiary/aromatic N) is 3. The summed E-state index contributed by atoms with van der Waals surface area (Å²) < 4.78 is 17.4. The molecule has 36 heavy (non-hydrogen) atoms. The van der Waals surface area contributed by atoms with Gasteiger partial charge in [0.2, 0.25) is 0 Å². The zero-order valence-corrected chi connectivity index (χ0v) is 23.0. The Hall–Kier alpha value is -3.00. The maximum absolute atomic E-state index is 14.5. The Balaban J connectivity index is 1.60. The van der Waals surface area contributed by atoms with E-state index in [2.05, 4.69) is 15.9 Å². The molecule has 4 nitrogen and oxygen atoms in total. The number of rotatable bonds is 4. The molecule has 1 aliphatic heterocycles. The third-order valence-corrected chi connectivity index (χ3v) is 7.87. The van der Waals surface area contributed by atoms with Crippen LogP contribution in [0.3, 0.4) is 0 Å². The molecule has 182 valence electrons. The second-order valence-corrected chi connectivity index (χ2v) is 10.5. The molecule has 0 bridgehead atoms. The summed E-state index contributed by atoms with van der Waals surface area (Å²) in [6.45, 7) is 4.30. The fourth-order valence-electron chi connectivity index (χ4n) is 4.39. The molecule has 1 amide bonds. The maximum atomic E-state index is 14.5. The summed E-state index contributed by atoms with van der Waals surface area (Å²) in [5, 5.41) is 1.70. The largest absolute Gasteiger partial charge is 0.342 e. The molecule has 1 aromatic heterocycles. The predicted octanol–water partition coefficient (Wildman–Crippen LogP) is 7.47. The zero-order valence-electron chi connectivity index (χ0n) is 19.8. The van der Waals surface area contributed by atoms with Crippen LogP contribution >= 0.6 is 39.7 Å². The topological polar surface area (TPSA) is 28.5 Å². The summed E-state index contributed by atoms with van der Waals surface area (Å²) in [6.07, 6.45) is 3.75. The Morgan fingerprint density at radius 3 is 2.58 bits per heavy atom. The number of carbonyl (C=O) groups excluding carboxylic acids is 1. The maximum Gasteiger partial charge on any atom is 0.281 e. The summed E-state index contributed by atoms with van der Waals surface area (Å²) in [5.74, 6) is -0.555. The first-order chi connectivity index (χ1) is 17.2. The monoisotopic (exact) mass is 581 g/mol. The molecule has 8 heteroatoms. The van der Waals surface area contributed by atoms with Crippen molar-refractivity contribution >= 4 is 73.4 Å². The van der Waals surface area contributed by atoms with Crippen LogP contribution in [0.15, 0.2) is 71.0 Å². The predicted molar refractivity (Wildman–Crippen MR) is 152 cm³/mol. The van der Waals surface area contributed by atoms with Crippen molar-refractivity contribution in [2.24, 2.45) is 0 Å². The van der Waals surface area contributed by atoms with E-state index in [0.29, 0.717) is 21.4 Å². The van der Waals surface area contributed by atoms with Crippen LogP contribution in [0.2, 0.25) is 5.02 Å². The van der Waals surface area contributed by atoms with Gasteiger partial charge in [0, 0.05) is 44.8 Å². The van der Waals surface area contributed by atoms with Crippen molar-refractivity contribution in [3.8, 4) is 0 Å². The van der Waals surface area contributed by atoms with Crippen molar-refractivity contribution in [3.63, 3.8) is 0 Å². The molecular formula is C28H22BrClFN3OS. The van der Waals surface area contributed by atoms with Crippen LogP contribution in [-0.2, 0) is 11.3 Å². The summed E-state index contributed by atoms with van der Waals surface area (Å²) in [6, 6.07) is 16.4. The molecule has 0 N–H and O–H groups in total. The lowest BCUT2D eigenvalue weighted by molar-refractivity contribution is -0.114. The van der Waals surface area contributed by atoms with Crippen LogP contribution in [0.25, 0.3) is 17.0 Å². The van der Waals surface area contributed by atoms with Crippen LogP contribution in [0.5, 0.6) is 0 Å². The van der Waals surface area contributed by atoms with E-state index in [0.717, 1.165) is 37.8 Å². The standard InChI is InChI=1S/C28H22BrClFN3OS/c1-16-7-9-20(11-17(16)2)34-27(35)26(32(3)28(34)36)12-18-14-33(25-10-8-19(29)13-21(18)25)15-22-23(30)5-4-6-24(22)31/h4-14H,15H2,1-3H3/b26-12-. The SMILES string of the molecule is Cc1ccc(N2C(=O)/C(=C/c3cn(Cc4c(F)cccc4Cl)c4ccc(Br)cc34)N(C)C2=S)cc1C. The zero-order chi connectivity index (χ0) is 25.7. The van der Waals surface area contributed by atoms with Crippen LogP contribution in [0.1, 0.15) is 22.3 Å². The summed E-state index contributed by atoms with van der Waals surface area (Å²) in [4.78, 5) is 16.8. The molecule has 0 spiro atoms. The van der Waals surface area contributed by atoms with Gasteiger partial charge in [-0.05, 0) is 85.7 Å². The van der Waals surface area contributed by atoms with Gasteiger partial charge in [-0.3, -0.25) is 9.69 Å². The van der Waals surface area contributed by atoms with Crippen molar-refractivity contribution < 1.29 is 9.18 Å². The highest BCUT2D eigenvalue weighted by Gasteiger charge is 2.37. The van der Waals surface area contributed by atoms with Gasteiger partial charge in [-0.25, -0.2) is 4.39 Å². The fourth-order valence-corrected chi connectivity index (χ4v) is 5.26. The number of amides is 1. The van der Waals surface area contributed by atoms with Gasteiger partial charge in [-0.15, -0.1) is 0 Å². The number of aryl methyl sites for hydroxylation is 2. The van der Waals surface area contributed by atoms with Gasteiger partial charge < -0.3 is 9.47 Å². The smallest absolute Gasteiger partial charge is 0.281 e. The van der Waals surface area contributed by atoms with E-state index >= 15 is 0 Å². The second kappa shape index (κ2) is 9.47. The first-order valence-electron chi connectivity index (χ1n) is 11.3. The summed E-state index contributed by atoms with van der Waals surface area (Å²) in [7, 11) is 1.79. The average molecular weight is 583 g/mol. The minimum absolute atomic E-state index is 0.196. The first-order valence-corrected chi connectivity index (χ1v) is 12.9. The van der Waals surface area contributed by atoms with Crippen LogP contribution in [0.4, 0.5) is 10.1 Å². The number of benzene rings is 3. The summed E-state index contributed by atoms with van der Waals surface area (Å²) in [5.41, 5.74) is 5.56. The van der Waals surface area contributed by atoms with E-state index in [1.165, 1.54) is 6.07 Å². The van der Waals surface area contributed by atoms with Gasteiger partial charge in [-0.2, -0.15) is 0 Å². The molecule has 5 rings (SSSR count). The molecule has 1 saturated heterocycles. The van der Waals surface area contributed by atoms with E-state index in [9.17, 15) is 9.18 Å². The molecule has 0 saturated carbocycles. The van der Waals surface area contributed by atoms with Gasteiger partial charge >= 0.3 is 0 Å². The fraction of sp³-hybridized carbons (Fsp3) is 0.143. The quantitative estimate of drug-likeness (QED) is 0.185. The Morgan fingerprint density at radius 1 is 1.08 bits per heavy atom. The van der Waals surface area contributed by atoms with Crippen LogP contribution in [-0.4, -0.2) is 27.5 Å². The minimum atomic E-state index is -0.360. The van der Waals surface area contributed by atoms with Crippen molar-refractivity contribution in [2.75, 3.05) is 11.9 Å². The lowest BCUT2D eigenvalue weighted by Gasteiger charge is -2.17. The number of hydrogen-bond donors (Lipinski definition) is 0. The molecule has 1 fully saturated rings. The number of aromatic nitrogens is 1. The van der Waals surface area contributed by atoms with E-state index in [1.54, 1.807) is 29.0 Å². The Labute approximate surface area is 227 Å². The molecule has 3 aromatic carbocycles. The Bertz CT molecular complexity index is 1580. The molecule has 2 heterocycles. The Morgan fingerprint density at radius 2 is 1.86 bits per heavy atom. The van der Waals surface area contributed by atoms with Gasteiger partial charge in [0.15, 0.2) is 5.11 Å². The molecule has 0 radical (unpaired) electrons.